The quantitative estimate of drug-likeness (QED) is 0.655. The largest absolute Gasteiger partial charge is 0.383 e. The Morgan fingerprint density at radius 1 is 0.824 bits per heavy atom. The van der Waals surface area contributed by atoms with Crippen molar-refractivity contribution in [1.82, 2.24) is 19.8 Å². The van der Waals surface area contributed by atoms with Gasteiger partial charge in [-0.2, -0.15) is 0 Å². The van der Waals surface area contributed by atoms with Crippen LogP contribution in [0.25, 0.3) is 0 Å². The second-order valence-corrected chi connectivity index (χ2v) is 5.05. The van der Waals surface area contributed by atoms with Crippen LogP contribution in [0.4, 0.5) is 0 Å². The molecule has 100 valence electrons. The third-order valence-electron chi connectivity index (χ3n) is 3.84. The van der Waals surface area contributed by atoms with Crippen molar-refractivity contribution in [2.45, 2.75) is 0 Å². The van der Waals surface area contributed by atoms with Crippen molar-refractivity contribution in [3.8, 4) is 0 Å². The first-order valence-corrected chi connectivity index (χ1v) is 6.69. The first-order valence-electron chi connectivity index (χ1n) is 6.69. The minimum Gasteiger partial charge on any atom is -0.383 e. The average Bonchev–Trinajstić information content (AvgIpc) is 2.38. The van der Waals surface area contributed by atoms with Gasteiger partial charge in [0.2, 0.25) is 0 Å². The smallest absolute Gasteiger partial charge is 0.0589 e. The Balaban J connectivity index is 1.68. The van der Waals surface area contributed by atoms with E-state index in [2.05, 4.69) is 26.9 Å². The summed E-state index contributed by atoms with van der Waals surface area (Å²) in [4.78, 5) is 4.90. The summed E-state index contributed by atoms with van der Waals surface area (Å²) in [5.41, 5.74) is 0. The summed E-state index contributed by atoms with van der Waals surface area (Å²) in [6, 6.07) is 0. The van der Waals surface area contributed by atoms with E-state index in [9.17, 15) is 0 Å². The maximum atomic E-state index is 5.13. The molecule has 2 rings (SSSR count). The summed E-state index contributed by atoms with van der Waals surface area (Å²) in [5.74, 6) is 0. The van der Waals surface area contributed by atoms with Gasteiger partial charge in [-0.05, 0) is 7.05 Å². The second kappa shape index (κ2) is 6.66. The molecular formula is C12H26N4O. The fraction of sp³-hybridized carbons (Fsp3) is 1.00. The zero-order valence-corrected chi connectivity index (χ0v) is 11.3. The molecular weight excluding hydrogens is 216 g/mol. The van der Waals surface area contributed by atoms with E-state index in [1.54, 1.807) is 7.11 Å². The van der Waals surface area contributed by atoms with Gasteiger partial charge in [0.05, 0.1) is 6.61 Å². The first-order chi connectivity index (χ1) is 8.29. The van der Waals surface area contributed by atoms with E-state index in [4.69, 9.17) is 4.74 Å². The number of nitrogens with zero attached hydrogens (tertiary/aromatic N) is 4. The van der Waals surface area contributed by atoms with Crippen molar-refractivity contribution < 1.29 is 4.74 Å². The predicted molar refractivity (Wildman–Crippen MR) is 69.0 cm³/mol. The minimum absolute atomic E-state index is 0.856. The summed E-state index contributed by atoms with van der Waals surface area (Å²) in [6.45, 7) is 11.4. The number of piperazine rings is 2. The molecule has 2 fully saturated rings. The molecule has 0 atom stereocenters. The summed E-state index contributed by atoms with van der Waals surface area (Å²) >= 11 is 0. The molecule has 0 aromatic heterocycles. The average molecular weight is 242 g/mol. The normalized spacial score (nSPS) is 26.5. The van der Waals surface area contributed by atoms with E-state index in [1.165, 1.54) is 52.4 Å². The number of hydrazine groups is 1. The molecule has 17 heavy (non-hydrogen) atoms. The van der Waals surface area contributed by atoms with Crippen molar-refractivity contribution in [2.24, 2.45) is 0 Å². The zero-order chi connectivity index (χ0) is 12.1. The van der Waals surface area contributed by atoms with Crippen LogP contribution in [0, 0.1) is 0 Å². The van der Waals surface area contributed by atoms with Gasteiger partial charge in [-0.25, -0.2) is 10.0 Å². The van der Waals surface area contributed by atoms with Crippen LogP contribution < -0.4 is 0 Å². The summed E-state index contributed by atoms with van der Waals surface area (Å²) in [6.07, 6.45) is 0. The van der Waals surface area contributed by atoms with E-state index in [-0.39, 0.29) is 0 Å². The van der Waals surface area contributed by atoms with Gasteiger partial charge in [0.1, 0.15) is 0 Å². The number of hydrogen-bond donors (Lipinski definition) is 0. The molecule has 5 heteroatoms. The molecule has 2 aliphatic heterocycles. The van der Waals surface area contributed by atoms with Gasteiger partial charge in [-0.15, -0.1) is 0 Å². The molecule has 0 amide bonds. The molecule has 2 heterocycles. The van der Waals surface area contributed by atoms with Crippen LogP contribution >= 0.6 is 0 Å². The maximum absolute atomic E-state index is 5.13. The lowest BCUT2D eigenvalue weighted by Crippen LogP contribution is -2.58. The zero-order valence-electron chi connectivity index (χ0n) is 11.3. The lowest BCUT2D eigenvalue weighted by Gasteiger charge is -2.44. The third-order valence-corrected chi connectivity index (χ3v) is 3.84. The molecule has 0 spiro atoms. The molecule has 0 N–H and O–H groups in total. The molecule has 0 aliphatic carbocycles. The predicted octanol–water partition coefficient (Wildman–Crippen LogP) is -0.587. The van der Waals surface area contributed by atoms with Crippen LogP contribution in [0.1, 0.15) is 0 Å². The SMILES string of the molecule is COCCN1CCN(N2CCN(C)CC2)CC1. The summed E-state index contributed by atoms with van der Waals surface area (Å²) in [7, 11) is 3.99. The first kappa shape index (κ1) is 13.2. The van der Waals surface area contributed by atoms with E-state index in [0.29, 0.717) is 0 Å². The van der Waals surface area contributed by atoms with E-state index in [0.717, 1.165) is 13.2 Å². The highest BCUT2D eigenvalue weighted by atomic mass is 16.5. The van der Waals surface area contributed by atoms with Crippen molar-refractivity contribution in [3.05, 3.63) is 0 Å². The van der Waals surface area contributed by atoms with Gasteiger partial charge >= 0.3 is 0 Å². The van der Waals surface area contributed by atoms with E-state index >= 15 is 0 Å². The number of methoxy groups -OCH3 is 1. The highest BCUT2D eigenvalue weighted by molar-refractivity contribution is 4.74. The monoisotopic (exact) mass is 242 g/mol. The Hall–Kier alpha value is -0.200. The van der Waals surface area contributed by atoms with Gasteiger partial charge in [0, 0.05) is 66.0 Å². The van der Waals surface area contributed by atoms with Crippen LogP contribution in [0.15, 0.2) is 0 Å². The van der Waals surface area contributed by atoms with E-state index < -0.39 is 0 Å². The maximum Gasteiger partial charge on any atom is 0.0589 e. The van der Waals surface area contributed by atoms with Crippen molar-refractivity contribution >= 4 is 0 Å². The Labute approximate surface area is 105 Å². The molecule has 2 aliphatic rings. The summed E-state index contributed by atoms with van der Waals surface area (Å²) < 4.78 is 5.13. The molecule has 0 bridgehead atoms. The van der Waals surface area contributed by atoms with Crippen molar-refractivity contribution in [1.29, 1.82) is 0 Å². The fourth-order valence-electron chi connectivity index (χ4n) is 2.54. The molecule has 5 nitrogen and oxygen atoms in total. The standard InChI is InChI=1S/C12H26N4O/c1-13-3-7-15(8-4-13)16-9-5-14(6-10-16)11-12-17-2/h3-12H2,1-2H3. The molecule has 2 saturated heterocycles. The highest BCUT2D eigenvalue weighted by Gasteiger charge is 2.23. The van der Waals surface area contributed by atoms with Crippen molar-refractivity contribution in [2.75, 3.05) is 79.7 Å². The summed E-state index contributed by atoms with van der Waals surface area (Å²) in [5, 5.41) is 5.07. The van der Waals surface area contributed by atoms with Gasteiger partial charge in [-0.3, -0.25) is 4.90 Å². The Morgan fingerprint density at radius 3 is 1.88 bits per heavy atom. The molecule has 0 unspecified atom stereocenters. The van der Waals surface area contributed by atoms with Gasteiger partial charge < -0.3 is 9.64 Å². The number of likely N-dealkylation sites (N-methyl/N-ethyl adjacent to an activating group) is 1. The Morgan fingerprint density at radius 2 is 1.35 bits per heavy atom. The highest BCUT2D eigenvalue weighted by Crippen LogP contribution is 2.08. The lowest BCUT2D eigenvalue weighted by atomic mass is 10.3. The fourth-order valence-corrected chi connectivity index (χ4v) is 2.54. The second-order valence-electron chi connectivity index (χ2n) is 5.05. The van der Waals surface area contributed by atoms with Gasteiger partial charge in [0.25, 0.3) is 0 Å². The van der Waals surface area contributed by atoms with Crippen molar-refractivity contribution in [3.63, 3.8) is 0 Å². The van der Waals surface area contributed by atoms with Gasteiger partial charge in [0.15, 0.2) is 0 Å². The van der Waals surface area contributed by atoms with Gasteiger partial charge in [-0.1, -0.05) is 0 Å². The lowest BCUT2D eigenvalue weighted by molar-refractivity contribution is -0.0800. The number of hydrogen-bond acceptors (Lipinski definition) is 5. The van der Waals surface area contributed by atoms with Crippen LogP contribution in [0.2, 0.25) is 0 Å². The number of rotatable bonds is 4. The molecule has 0 saturated carbocycles. The Bertz CT molecular complexity index is 211. The third kappa shape index (κ3) is 3.89. The van der Waals surface area contributed by atoms with E-state index in [1.807, 2.05) is 0 Å². The minimum atomic E-state index is 0.856. The van der Waals surface area contributed by atoms with Crippen LogP contribution in [-0.4, -0.2) is 99.5 Å². The van der Waals surface area contributed by atoms with Crippen LogP contribution in [-0.2, 0) is 4.74 Å². The molecule has 0 aromatic rings. The van der Waals surface area contributed by atoms with Crippen LogP contribution in [0.5, 0.6) is 0 Å². The molecule has 0 radical (unpaired) electrons. The van der Waals surface area contributed by atoms with Crippen LogP contribution in [0.3, 0.4) is 0 Å². The Kier molecular flexibility index (Phi) is 5.18. The topological polar surface area (TPSA) is 22.2 Å². The number of ether oxygens (including phenoxy) is 1. The molecule has 0 aromatic carbocycles.